The van der Waals surface area contributed by atoms with Gasteiger partial charge in [-0.25, -0.2) is 4.98 Å². The Bertz CT molecular complexity index is 394. The number of carbonyl (C=O) groups excluding carboxylic acids is 1. The van der Waals surface area contributed by atoms with E-state index in [1.54, 1.807) is 6.07 Å². The van der Waals surface area contributed by atoms with Gasteiger partial charge in [0, 0.05) is 5.92 Å². The molecule has 0 aliphatic rings. The molecule has 0 saturated carbocycles. The lowest BCUT2D eigenvalue weighted by molar-refractivity contribution is -0.120. The maximum Gasteiger partial charge on any atom is 0.227 e. The molecule has 0 saturated heterocycles. The van der Waals surface area contributed by atoms with Gasteiger partial charge in [0.25, 0.3) is 0 Å². The molecule has 1 aromatic rings. The number of anilines is 1. The Kier molecular flexibility index (Phi) is 5.22. The summed E-state index contributed by atoms with van der Waals surface area (Å²) in [4.78, 5) is 15.8. The van der Waals surface area contributed by atoms with E-state index < -0.39 is 0 Å². The lowest BCUT2D eigenvalue weighted by atomic mass is 10.0. The topological polar surface area (TPSA) is 42.0 Å². The second-order valence-corrected chi connectivity index (χ2v) is 4.68. The van der Waals surface area contributed by atoms with Gasteiger partial charge in [0.2, 0.25) is 5.91 Å². The second-order valence-electron chi connectivity index (χ2n) is 3.93. The van der Waals surface area contributed by atoms with E-state index in [-0.39, 0.29) is 17.0 Å². The van der Waals surface area contributed by atoms with Crippen LogP contribution in [0.5, 0.6) is 0 Å². The van der Waals surface area contributed by atoms with Crippen LogP contribution in [0, 0.1) is 12.8 Å². The fourth-order valence-electron chi connectivity index (χ4n) is 1.63. The van der Waals surface area contributed by atoms with Crippen molar-refractivity contribution in [1.29, 1.82) is 0 Å². The predicted octanol–water partition coefficient (Wildman–Crippen LogP) is 4.07. The van der Waals surface area contributed by atoms with Crippen molar-refractivity contribution < 1.29 is 4.79 Å². The number of hydrogen-bond acceptors (Lipinski definition) is 2. The van der Waals surface area contributed by atoms with Gasteiger partial charge >= 0.3 is 0 Å². The largest absolute Gasteiger partial charge is 0.323 e. The third kappa shape index (κ3) is 3.58. The van der Waals surface area contributed by atoms with Gasteiger partial charge in [0.1, 0.15) is 5.15 Å². The SMILES string of the molecule is CCC(CC)C(=O)Nc1c(C)cc(Cl)nc1Cl. The van der Waals surface area contributed by atoms with Gasteiger partial charge in [-0.15, -0.1) is 0 Å². The molecule has 1 heterocycles. The summed E-state index contributed by atoms with van der Waals surface area (Å²) < 4.78 is 0. The molecular weight excluding hydrogens is 259 g/mol. The Balaban J connectivity index is 2.92. The van der Waals surface area contributed by atoms with E-state index in [4.69, 9.17) is 23.2 Å². The molecule has 17 heavy (non-hydrogen) atoms. The zero-order valence-corrected chi connectivity index (χ0v) is 11.7. The van der Waals surface area contributed by atoms with Crippen molar-refractivity contribution in [1.82, 2.24) is 4.98 Å². The highest BCUT2D eigenvalue weighted by Gasteiger charge is 2.17. The number of amides is 1. The van der Waals surface area contributed by atoms with Crippen LogP contribution >= 0.6 is 23.2 Å². The van der Waals surface area contributed by atoms with E-state index in [0.717, 1.165) is 18.4 Å². The summed E-state index contributed by atoms with van der Waals surface area (Å²) in [6.07, 6.45) is 1.61. The van der Waals surface area contributed by atoms with Gasteiger partial charge in [-0.05, 0) is 31.4 Å². The zero-order valence-electron chi connectivity index (χ0n) is 10.2. The smallest absolute Gasteiger partial charge is 0.227 e. The molecule has 0 fully saturated rings. The molecule has 1 aromatic heterocycles. The number of aryl methyl sites for hydroxylation is 1. The van der Waals surface area contributed by atoms with Gasteiger partial charge in [-0.1, -0.05) is 37.0 Å². The molecule has 0 aliphatic heterocycles. The van der Waals surface area contributed by atoms with Crippen molar-refractivity contribution in [2.24, 2.45) is 5.92 Å². The highest BCUT2D eigenvalue weighted by atomic mass is 35.5. The molecule has 1 amide bonds. The number of nitrogens with zero attached hydrogens (tertiary/aromatic N) is 1. The van der Waals surface area contributed by atoms with Crippen LogP contribution in [0.1, 0.15) is 32.3 Å². The third-order valence-electron chi connectivity index (χ3n) is 2.75. The average Bonchev–Trinajstić information content (AvgIpc) is 2.25. The van der Waals surface area contributed by atoms with Crippen LogP contribution in [0.3, 0.4) is 0 Å². The van der Waals surface area contributed by atoms with Gasteiger partial charge in [-0.2, -0.15) is 0 Å². The average molecular weight is 275 g/mol. The van der Waals surface area contributed by atoms with E-state index >= 15 is 0 Å². The summed E-state index contributed by atoms with van der Waals surface area (Å²) >= 11 is 11.7. The van der Waals surface area contributed by atoms with Gasteiger partial charge < -0.3 is 5.32 Å². The first-order valence-corrected chi connectivity index (χ1v) is 6.38. The molecule has 1 N–H and O–H groups in total. The van der Waals surface area contributed by atoms with E-state index in [0.29, 0.717) is 10.8 Å². The minimum atomic E-state index is -0.0240. The first-order valence-electron chi connectivity index (χ1n) is 5.63. The maximum atomic E-state index is 11.9. The van der Waals surface area contributed by atoms with E-state index in [9.17, 15) is 4.79 Å². The number of hydrogen-bond donors (Lipinski definition) is 1. The lowest BCUT2D eigenvalue weighted by Crippen LogP contribution is -2.22. The normalized spacial score (nSPS) is 10.7. The highest BCUT2D eigenvalue weighted by Crippen LogP contribution is 2.27. The zero-order chi connectivity index (χ0) is 13.0. The molecule has 0 spiro atoms. The minimum Gasteiger partial charge on any atom is -0.323 e. The molecule has 0 bridgehead atoms. The fourth-order valence-corrected chi connectivity index (χ4v) is 2.21. The first-order chi connectivity index (χ1) is 7.99. The van der Waals surface area contributed by atoms with Crippen molar-refractivity contribution in [2.45, 2.75) is 33.6 Å². The summed E-state index contributed by atoms with van der Waals surface area (Å²) in [5.41, 5.74) is 1.36. The monoisotopic (exact) mass is 274 g/mol. The van der Waals surface area contributed by atoms with Crippen LogP contribution in [-0.4, -0.2) is 10.9 Å². The van der Waals surface area contributed by atoms with E-state index in [2.05, 4.69) is 10.3 Å². The van der Waals surface area contributed by atoms with Crippen molar-refractivity contribution in [3.63, 3.8) is 0 Å². The molecule has 94 valence electrons. The van der Waals surface area contributed by atoms with Crippen LogP contribution in [0.25, 0.3) is 0 Å². The van der Waals surface area contributed by atoms with Crippen molar-refractivity contribution >= 4 is 34.8 Å². The summed E-state index contributed by atoms with van der Waals surface area (Å²) in [6.45, 7) is 5.81. The maximum absolute atomic E-state index is 11.9. The molecule has 0 aliphatic carbocycles. The van der Waals surface area contributed by atoms with E-state index in [1.165, 1.54) is 0 Å². The summed E-state index contributed by atoms with van der Waals surface area (Å²) in [5, 5.41) is 3.37. The van der Waals surface area contributed by atoms with Gasteiger partial charge in [0.15, 0.2) is 5.15 Å². The Labute approximate surface area is 112 Å². The van der Waals surface area contributed by atoms with E-state index in [1.807, 2.05) is 20.8 Å². The predicted molar refractivity (Wildman–Crippen MR) is 71.7 cm³/mol. The number of pyridine rings is 1. The van der Waals surface area contributed by atoms with Crippen molar-refractivity contribution in [2.75, 3.05) is 5.32 Å². The number of carbonyl (C=O) groups is 1. The molecule has 3 nitrogen and oxygen atoms in total. The van der Waals surface area contributed by atoms with Crippen molar-refractivity contribution in [3.8, 4) is 0 Å². The Hall–Kier alpha value is -0.800. The Morgan fingerprint density at radius 2 is 2.00 bits per heavy atom. The summed E-state index contributed by atoms with van der Waals surface area (Å²) in [7, 11) is 0. The molecule has 0 unspecified atom stereocenters. The second kappa shape index (κ2) is 6.22. The van der Waals surface area contributed by atoms with Crippen LogP contribution < -0.4 is 5.32 Å². The number of nitrogens with one attached hydrogen (secondary N) is 1. The number of rotatable bonds is 4. The number of aromatic nitrogens is 1. The fraction of sp³-hybridized carbons (Fsp3) is 0.500. The minimum absolute atomic E-state index is 0.00106. The van der Waals surface area contributed by atoms with Gasteiger partial charge in [-0.3, -0.25) is 4.79 Å². The molecule has 1 rings (SSSR count). The summed E-state index contributed by atoms with van der Waals surface area (Å²) in [6, 6.07) is 1.68. The van der Waals surface area contributed by atoms with Crippen LogP contribution in [0.4, 0.5) is 5.69 Å². The summed E-state index contributed by atoms with van der Waals surface area (Å²) in [5.74, 6) is -0.0229. The molecular formula is C12H16Cl2N2O. The number of halogens is 2. The standard InChI is InChI=1S/C12H16Cl2N2O/c1-4-8(5-2)12(17)16-10-7(3)6-9(13)15-11(10)14/h6,8H,4-5H2,1-3H3,(H,16,17). The highest BCUT2D eigenvalue weighted by molar-refractivity contribution is 6.34. The Morgan fingerprint density at radius 1 is 1.41 bits per heavy atom. The molecule has 5 heteroatoms. The van der Waals surface area contributed by atoms with Crippen LogP contribution in [0.15, 0.2) is 6.07 Å². The van der Waals surface area contributed by atoms with Crippen LogP contribution in [-0.2, 0) is 4.79 Å². The molecule has 0 radical (unpaired) electrons. The lowest BCUT2D eigenvalue weighted by Gasteiger charge is -2.15. The Morgan fingerprint density at radius 3 is 2.47 bits per heavy atom. The quantitative estimate of drug-likeness (QED) is 0.841. The van der Waals surface area contributed by atoms with Gasteiger partial charge in [0.05, 0.1) is 5.69 Å². The molecule has 0 atom stereocenters. The van der Waals surface area contributed by atoms with Crippen LogP contribution in [0.2, 0.25) is 10.3 Å². The molecule has 0 aromatic carbocycles. The van der Waals surface area contributed by atoms with Crippen molar-refractivity contribution in [3.05, 3.63) is 21.9 Å². The first kappa shape index (κ1) is 14.3. The third-order valence-corrected chi connectivity index (χ3v) is 3.21.